The van der Waals surface area contributed by atoms with Crippen LogP contribution in [0.4, 0.5) is 11.8 Å². The van der Waals surface area contributed by atoms with E-state index in [0.717, 1.165) is 5.56 Å². The van der Waals surface area contributed by atoms with E-state index in [-0.39, 0.29) is 22.0 Å². The van der Waals surface area contributed by atoms with Crippen molar-refractivity contribution < 1.29 is 8.42 Å². The van der Waals surface area contributed by atoms with Crippen molar-refractivity contribution in [3.05, 3.63) is 41.0 Å². The molecule has 0 aliphatic heterocycles. The molecule has 24 heavy (non-hydrogen) atoms. The number of nitrogens with zero attached hydrogens (tertiary/aromatic N) is 3. The lowest BCUT2D eigenvalue weighted by Gasteiger charge is -2.21. The van der Waals surface area contributed by atoms with Crippen molar-refractivity contribution in [2.24, 2.45) is 0 Å². The number of benzene rings is 1. The van der Waals surface area contributed by atoms with Crippen LogP contribution in [0.25, 0.3) is 0 Å². The summed E-state index contributed by atoms with van der Waals surface area (Å²) >= 11 is 5.82. The Hall–Kier alpha value is -1.90. The maximum absolute atomic E-state index is 12.4. The van der Waals surface area contributed by atoms with Crippen molar-refractivity contribution in [3.63, 3.8) is 0 Å². The monoisotopic (exact) mass is 369 g/mol. The second kappa shape index (κ2) is 7.33. The molecule has 0 bridgehead atoms. The van der Waals surface area contributed by atoms with E-state index in [0.29, 0.717) is 12.4 Å². The van der Waals surface area contributed by atoms with Crippen molar-refractivity contribution in [3.8, 4) is 0 Å². The number of nitrogens with one attached hydrogen (secondary N) is 1. The van der Waals surface area contributed by atoms with Crippen LogP contribution in [0.5, 0.6) is 0 Å². The Balaban J connectivity index is 2.10. The Labute approximate surface area is 146 Å². The summed E-state index contributed by atoms with van der Waals surface area (Å²) in [6.45, 7) is 4.11. The maximum atomic E-state index is 12.4. The molecule has 0 atom stereocenters. The summed E-state index contributed by atoms with van der Waals surface area (Å²) in [4.78, 5) is 8.06. The third kappa shape index (κ3) is 4.34. The Morgan fingerprint density at radius 1 is 1.25 bits per heavy atom. The minimum atomic E-state index is -3.48. The summed E-state index contributed by atoms with van der Waals surface area (Å²) in [5, 5.41) is 3.32. The average Bonchev–Trinajstić information content (AvgIpc) is 2.51. The highest BCUT2D eigenvalue weighted by Gasteiger charge is 2.22. The van der Waals surface area contributed by atoms with Gasteiger partial charge in [-0.15, -0.1) is 0 Å². The quantitative estimate of drug-likeness (QED) is 0.758. The summed E-state index contributed by atoms with van der Waals surface area (Å²) in [6.07, 6.45) is 0. The summed E-state index contributed by atoms with van der Waals surface area (Å²) in [6, 6.07) is 8.14. The van der Waals surface area contributed by atoms with E-state index in [2.05, 4.69) is 15.3 Å². The molecule has 9 heteroatoms. The molecule has 0 spiro atoms. The van der Waals surface area contributed by atoms with Gasteiger partial charge in [-0.25, -0.2) is 13.4 Å². The second-order valence-corrected chi connectivity index (χ2v) is 7.93. The molecular formula is C15H20ClN5O2S. The van der Waals surface area contributed by atoms with Gasteiger partial charge in [-0.2, -0.15) is 9.29 Å². The van der Waals surface area contributed by atoms with E-state index in [4.69, 9.17) is 17.3 Å². The van der Waals surface area contributed by atoms with E-state index in [1.807, 2.05) is 13.8 Å². The van der Waals surface area contributed by atoms with Gasteiger partial charge in [0, 0.05) is 25.7 Å². The number of aromatic nitrogens is 2. The van der Waals surface area contributed by atoms with Gasteiger partial charge in [0.2, 0.25) is 16.0 Å². The minimum absolute atomic E-state index is 0.0863. The molecular weight excluding hydrogens is 350 g/mol. The number of rotatable bonds is 6. The first-order valence-electron chi connectivity index (χ1n) is 7.31. The molecule has 0 fully saturated rings. The van der Waals surface area contributed by atoms with E-state index in [9.17, 15) is 8.42 Å². The summed E-state index contributed by atoms with van der Waals surface area (Å²) in [5.74, 6) is 0.590. The zero-order valence-electron chi connectivity index (χ0n) is 13.7. The first kappa shape index (κ1) is 18.4. The average molecular weight is 370 g/mol. The maximum Gasteiger partial charge on any atom is 0.243 e. The first-order valence-corrected chi connectivity index (χ1v) is 9.13. The van der Waals surface area contributed by atoms with Gasteiger partial charge in [0.1, 0.15) is 11.0 Å². The molecule has 1 aromatic carbocycles. The highest BCUT2D eigenvalue weighted by molar-refractivity contribution is 7.89. The molecule has 0 aliphatic carbocycles. The highest BCUT2D eigenvalue weighted by Crippen LogP contribution is 2.18. The Kier molecular flexibility index (Phi) is 5.63. The van der Waals surface area contributed by atoms with Crippen LogP contribution >= 0.6 is 11.6 Å². The molecule has 3 N–H and O–H groups in total. The standard InChI is InChI=1S/C15H20ClN5O2S/c1-10(2)21(3)24(22,23)12-6-4-11(5-7-12)9-18-14-8-13(16)19-15(17)20-14/h4-8,10H,9H2,1-3H3,(H3,17,18,19,20). The fourth-order valence-electron chi connectivity index (χ4n) is 1.94. The van der Waals surface area contributed by atoms with Crippen LogP contribution < -0.4 is 11.1 Å². The van der Waals surface area contributed by atoms with Crippen LogP contribution in [0.3, 0.4) is 0 Å². The molecule has 0 radical (unpaired) electrons. The van der Waals surface area contributed by atoms with E-state index in [1.165, 1.54) is 4.31 Å². The highest BCUT2D eigenvalue weighted by atomic mass is 35.5. The number of anilines is 2. The van der Waals surface area contributed by atoms with Crippen LogP contribution in [0, 0.1) is 0 Å². The molecule has 2 aromatic rings. The Bertz CT molecular complexity index is 789. The van der Waals surface area contributed by atoms with Crippen LogP contribution in [-0.2, 0) is 16.6 Å². The van der Waals surface area contributed by atoms with Crippen LogP contribution in [0.1, 0.15) is 19.4 Å². The fraction of sp³-hybridized carbons (Fsp3) is 0.333. The second-order valence-electron chi connectivity index (χ2n) is 5.55. The molecule has 2 rings (SSSR count). The number of hydrogen-bond donors (Lipinski definition) is 2. The summed E-state index contributed by atoms with van der Waals surface area (Å²) in [5.41, 5.74) is 6.43. The van der Waals surface area contributed by atoms with Gasteiger partial charge < -0.3 is 11.1 Å². The van der Waals surface area contributed by atoms with Crippen molar-refractivity contribution >= 4 is 33.4 Å². The lowest BCUT2D eigenvalue weighted by Crippen LogP contribution is -2.33. The largest absolute Gasteiger partial charge is 0.368 e. The van der Waals surface area contributed by atoms with Gasteiger partial charge in [0.05, 0.1) is 4.90 Å². The van der Waals surface area contributed by atoms with Gasteiger partial charge in [-0.1, -0.05) is 23.7 Å². The zero-order chi connectivity index (χ0) is 17.9. The van der Waals surface area contributed by atoms with Gasteiger partial charge in [0.15, 0.2) is 0 Å². The molecule has 1 aromatic heterocycles. The predicted octanol–water partition coefficient (Wildman–Crippen LogP) is 2.35. The molecule has 0 unspecified atom stereocenters. The molecule has 0 saturated carbocycles. The van der Waals surface area contributed by atoms with Gasteiger partial charge in [-0.05, 0) is 31.5 Å². The van der Waals surface area contributed by atoms with E-state index >= 15 is 0 Å². The van der Waals surface area contributed by atoms with Crippen LogP contribution in [0.15, 0.2) is 35.2 Å². The molecule has 0 aliphatic rings. The molecule has 130 valence electrons. The van der Waals surface area contributed by atoms with Crippen LogP contribution in [0.2, 0.25) is 5.15 Å². The minimum Gasteiger partial charge on any atom is -0.368 e. The molecule has 1 heterocycles. The number of halogens is 1. The molecule has 0 saturated heterocycles. The van der Waals surface area contributed by atoms with Gasteiger partial charge in [0.25, 0.3) is 0 Å². The lowest BCUT2D eigenvalue weighted by molar-refractivity contribution is 0.410. The number of sulfonamides is 1. The SMILES string of the molecule is CC(C)N(C)S(=O)(=O)c1ccc(CNc2cc(Cl)nc(N)n2)cc1. The number of nitrogen functional groups attached to an aromatic ring is 1. The Morgan fingerprint density at radius 3 is 2.42 bits per heavy atom. The van der Waals surface area contributed by atoms with Crippen molar-refractivity contribution in [2.45, 2.75) is 31.3 Å². The third-order valence-electron chi connectivity index (χ3n) is 3.51. The van der Waals surface area contributed by atoms with Gasteiger partial charge in [-0.3, -0.25) is 0 Å². The van der Waals surface area contributed by atoms with E-state index in [1.54, 1.807) is 37.4 Å². The lowest BCUT2D eigenvalue weighted by atomic mass is 10.2. The van der Waals surface area contributed by atoms with Crippen molar-refractivity contribution in [1.82, 2.24) is 14.3 Å². The third-order valence-corrected chi connectivity index (χ3v) is 5.75. The van der Waals surface area contributed by atoms with Crippen LogP contribution in [-0.4, -0.2) is 35.8 Å². The smallest absolute Gasteiger partial charge is 0.243 e. The number of nitrogens with two attached hydrogens (primary N) is 1. The first-order chi connectivity index (χ1) is 11.2. The topological polar surface area (TPSA) is 101 Å². The predicted molar refractivity (Wildman–Crippen MR) is 95.3 cm³/mol. The Morgan fingerprint density at radius 2 is 1.88 bits per heavy atom. The van der Waals surface area contributed by atoms with Crippen molar-refractivity contribution in [2.75, 3.05) is 18.1 Å². The van der Waals surface area contributed by atoms with Crippen molar-refractivity contribution in [1.29, 1.82) is 0 Å². The van der Waals surface area contributed by atoms with Gasteiger partial charge >= 0.3 is 0 Å². The fourth-order valence-corrected chi connectivity index (χ4v) is 3.50. The van der Waals surface area contributed by atoms with E-state index < -0.39 is 10.0 Å². The summed E-state index contributed by atoms with van der Waals surface area (Å²) in [7, 11) is -1.91. The summed E-state index contributed by atoms with van der Waals surface area (Å²) < 4.78 is 26.1. The molecule has 7 nitrogen and oxygen atoms in total. The normalized spacial score (nSPS) is 11.9. The zero-order valence-corrected chi connectivity index (χ0v) is 15.3. The molecule has 0 amide bonds. The number of hydrogen-bond acceptors (Lipinski definition) is 6.